The molecule has 2 nitrogen and oxygen atoms in total. The van der Waals surface area contributed by atoms with E-state index in [2.05, 4.69) is 21.4 Å². The Morgan fingerprint density at radius 2 is 1.84 bits per heavy atom. The zero-order chi connectivity index (χ0) is 13.8. The van der Waals surface area contributed by atoms with E-state index in [0.717, 1.165) is 6.42 Å². The number of rotatable bonds is 5. The number of hydrazine groups is 1. The van der Waals surface area contributed by atoms with E-state index >= 15 is 0 Å². The van der Waals surface area contributed by atoms with Gasteiger partial charge >= 0.3 is 0 Å². The van der Waals surface area contributed by atoms with E-state index in [-0.39, 0.29) is 5.56 Å². The molecule has 1 aromatic rings. The number of hydrogen-bond donors (Lipinski definition) is 2. The summed E-state index contributed by atoms with van der Waals surface area (Å²) < 4.78 is 28.2. The second kappa shape index (κ2) is 6.77. The third-order valence-electron chi connectivity index (χ3n) is 3.93. The fourth-order valence-corrected chi connectivity index (χ4v) is 3.30. The molecule has 1 atom stereocenters. The van der Waals surface area contributed by atoms with Gasteiger partial charge in [0.2, 0.25) is 0 Å². The normalized spacial score (nSPS) is 17.9. The summed E-state index contributed by atoms with van der Waals surface area (Å²) in [6, 6.07) is 2.09. The number of benzene rings is 1. The summed E-state index contributed by atoms with van der Waals surface area (Å²) in [6.07, 6.45) is 6.62. The molecule has 1 aliphatic rings. The molecule has 1 fully saturated rings. The molecule has 0 saturated heterocycles. The minimum Gasteiger partial charge on any atom is -0.271 e. The minimum absolute atomic E-state index is 0.0451. The lowest BCUT2D eigenvalue weighted by atomic mass is 9.94. The molecule has 3 N–H and O–H groups in total. The van der Waals surface area contributed by atoms with Gasteiger partial charge in [-0.25, -0.2) is 8.78 Å². The van der Waals surface area contributed by atoms with Gasteiger partial charge in [0.1, 0.15) is 11.6 Å². The van der Waals surface area contributed by atoms with Crippen LogP contribution in [-0.4, -0.2) is 0 Å². The molecule has 1 saturated carbocycles. The number of nitrogens with two attached hydrogens (primary N) is 1. The molecule has 106 valence electrons. The molecular formula is C14H19BrF2N2. The molecule has 1 aliphatic carbocycles. The van der Waals surface area contributed by atoms with Crippen LogP contribution < -0.4 is 11.3 Å². The summed E-state index contributed by atoms with van der Waals surface area (Å²) in [7, 11) is 0. The van der Waals surface area contributed by atoms with Crippen molar-refractivity contribution >= 4 is 15.9 Å². The Kier molecular flexibility index (Phi) is 5.30. The van der Waals surface area contributed by atoms with Crippen LogP contribution in [-0.2, 0) is 0 Å². The molecule has 5 heteroatoms. The highest BCUT2D eigenvalue weighted by Gasteiger charge is 2.22. The van der Waals surface area contributed by atoms with Crippen molar-refractivity contribution in [1.82, 2.24) is 5.43 Å². The SMILES string of the molecule is NNC(CCC1CCCC1)c1c(F)cc(Br)cc1F. The maximum Gasteiger partial charge on any atom is 0.132 e. The molecule has 0 heterocycles. The van der Waals surface area contributed by atoms with Gasteiger partial charge in [-0.3, -0.25) is 11.3 Å². The van der Waals surface area contributed by atoms with Gasteiger partial charge in [0, 0.05) is 10.0 Å². The lowest BCUT2D eigenvalue weighted by molar-refractivity contribution is 0.395. The quantitative estimate of drug-likeness (QED) is 0.626. The predicted molar refractivity (Wildman–Crippen MR) is 75.3 cm³/mol. The Morgan fingerprint density at radius 1 is 1.26 bits per heavy atom. The fourth-order valence-electron chi connectivity index (χ4n) is 2.90. The van der Waals surface area contributed by atoms with Gasteiger partial charge in [-0.15, -0.1) is 0 Å². The monoisotopic (exact) mass is 332 g/mol. The van der Waals surface area contributed by atoms with Crippen LogP contribution >= 0.6 is 15.9 Å². The molecule has 0 radical (unpaired) electrons. The lowest BCUT2D eigenvalue weighted by Crippen LogP contribution is -2.30. The van der Waals surface area contributed by atoms with Crippen molar-refractivity contribution < 1.29 is 8.78 Å². The van der Waals surface area contributed by atoms with Crippen LogP contribution in [0.1, 0.15) is 50.1 Å². The Balaban J connectivity index is 2.08. The van der Waals surface area contributed by atoms with E-state index in [1.165, 1.54) is 37.8 Å². The Morgan fingerprint density at radius 3 is 2.37 bits per heavy atom. The summed E-state index contributed by atoms with van der Waals surface area (Å²) >= 11 is 3.08. The van der Waals surface area contributed by atoms with Crippen molar-refractivity contribution in [2.45, 2.75) is 44.6 Å². The zero-order valence-corrected chi connectivity index (χ0v) is 12.3. The second-order valence-corrected chi connectivity index (χ2v) is 6.15. The Labute approximate surface area is 120 Å². The summed E-state index contributed by atoms with van der Waals surface area (Å²) in [5.41, 5.74) is 2.59. The standard InChI is InChI=1S/C14H19BrF2N2/c15-10-7-11(16)14(12(17)8-10)13(19-18)6-5-9-3-1-2-4-9/h7-9,13,19H,1-6,18H2. The van der Waals surface area contributed by atoms with E-state index in [1.807, 2.05) is 0 Å². The van der Waals surface area contributed by atoms with Gasteiger partial charge in [0.05, 0.1) is 6.04 Å². The number of hydrogen-bond acceptors (Lipinski definition) is 2. The maximum atomic E-state index is 13.9. The third kappa shape index (κ3) is 3.74. The summed E-state index contributed by atoms with van der Waals surface area (Å²) in [5.74, 6) is 5.04. The smallest absolute Gasteiger partial charge is 0.132 e. The Hall–Kier alpha value is -0.520. The molecular weight excluding hydrogens is 314 g/mol. The number of halogens is 3. The third-order valence-corrected chi connectivity index (χ3v) is 4.39. The van der Waals surface area contributed by atoms with E-state index in [0.29, 0.717) is 16.8 Å². The van der Waals surface area contributed by atoms with Crippen LogP contribution in [0.25, 0.3) is 0 Å². The largest absolute Gasteiger partial charge is 0.271 e. The molecule has 19 heavy (non-hydrogen) atoms. The van der Waals surface area contributed by atoms with E-state index in [4.69, 9.17) is 5.84 Å². The van der Waals surface area contributed by atoms with Crippen molar-refractivity contribution in [3.63, 3.8) is 0 Å². The molecule has 0 aliphatic heterocycles. The van der Waals surface area contributed by atoms with Gasteiger partial charge < -0.3 is 0 Å². The number of nitrogens with one attached hydrogen (secondary N) is 1. The highest BCUT2D eigenvalue weighted by atomic mass is 79.9. The molecule has 1 unspecified atom stereocenters. The maximum absolute atomic E-state index is 13.9. The van der Waals surface area contributed by atoms with Crippen molar-refractivity contribution in [3.8, 4) is 0 Å². The zero-order valence-electron chi connectivity index (χ0n) is 10.8. The average molecular weight is 333 g/mol. The first kappa shape index (κ1) is 14.9. The van der Waals surface area contributed by atoms with Crippen LogP contribution in [0.15, 0.2) is 16.6 Å². The van der Waals surface area contributed by atoms with Gasteiger partial charge in [-0.05, 0) is 30.9 Å². The van der Waals surface area contributed by atoms with Crippen molar-refractivity contribution in [2.24, 2.45) is 11.8 Å². The second-order valence-electron chi connectivity index (χ2n) is 5.23. The van der Waals surface area contributed by atoms with Crippen LogP contribution in [0.4, 0.5) is 8.78 Å². The van der Waals surface area contributed by atoms with Crippen molar-refractivity contribution in [3.05, 3.63) is 33.8 Å². The molecule has 0 bridgehead atoms. The van der Waals surface area contributed by atoms with E-state index in [1.54, 1.807) is 0 Å². The molecule has 0 spiro atoms. The molecule has 0 aromatic heterocycles. The van der Waals surface area contributed by atoms with E-state index < -0.39 is 17.7 Å². The van der Waals surface area contributed by atoms with Crippen LogP contribution in [0, 0.1) is 17.6 Å². The first-order valence-corrected chi connectivity index (χ1v) is 7.51. The average Bonchev–Trinajstić information content (AvgIpc) is 2.85. The van der Waals surface area contributed by atoms with Crippen molar-refractivity contribution in [1.29, 1.82) is 0 Å². The van der Waals surface area contributed by atoms with Crippen molar-refractivity contribution in [2.75, 3.05) is 0 Å². The van der Waals surface area contributed by atoms with Crippen LogP contribution in [0.3, 0.4) is 0 Å². The van der Waals surface area contributed by atoms with Gasteiger partial charge in [-0.1, -0.05) is 41.6 Å². The first-order chi connectivity index (χ1) is 9.11. The molecule has 1 aromatic carbocycles. The minimum atomic E-state index is -0.554. The highest BCUT2D eigenvalue weighted by Crippen LogP contribution is 2.33. The fraction of sp³-hybridized carbons (Fsp3) is 0.571. The predicted octanol–water partition coefficient (Wildman–Crippen LogP) is 4.20. The topological polar surface area (TPSA) is 38.0 Å². The Bertz CT molecular complexity index is 410. The van der Waals surface area contributed by atoms with Crippen LogP contribution in [0.2, 0.25) is 0 Å². The summed E-state index contributed by atoms with van der Waals surface area (Å²) in [5, 5.41) is 0. The molecule has 2 rings (SSSR count). The van der Waals surface area contributed by atoms with Gasteiger partial charge in [0.15, 0.2) is 0 Å². The summed E-state index contributed by atoms with van der Waals surface area (Å²) in [4.78, 5) is 0. The van der Waals surface area contributed by atoms with E-state index in [9.17, 15) is 8.78 Å². The highest BCUT2D eigenvalue weighted by molar-refractivity contribution is 9.10. The lowest BCUT2D eigenvalue weighted by Gasteiger charge is -2.19. The molecule has 0 amide bonds. The first-order valence-electron chi connectivity index (χ1n) is 6.72. The summed E-state index contributed by atoms with van der Waals surface area (Å²) in [6.45, 7) is 0. The van der Waals surface area contributed by atoms with Gasteiger partial charge in [0.25, 0.3) is 0 Å². The van der Waals surface area contributed by atoms with Gasteiger partial charge in [-0.2, -0.15) is 0 Å². The van der Waals surface area contributed by atoms with Crippen LogP contribution in [0.5, 0.6) is 0 Å².